The molecule has 0 aliphatic carbocycles. The van der Waals surface area contributed by atoms with Gasteiger partial charge in [-0.05, 0) is 12.8 Å². The fourth-order valence-electron chi connectivity index (χ4n) is 1.05. The van der Waals surface area contributed by atoms with Crippen LogP contribution in [0.3, 0.4) is 0 Å². The summed E-state index contributed by atoms with van der Waals surface area (Å²) in [5.74, 6) is 0.531. The van der Waals surface area contributed by atoms with Crippen LogP contribution in [-0.4, -0.2) is 11.4 Å². The first-order valence-electron chi connectivity index (χ1n) is 3.92. The second kappa shape index (κ2) is 2.68. The number of carbonyl (C=O) groups excluding carboxylic acids is 1. The number of hydrogen-bond acceptors (Lipinski definition) is 2. The highest BCUT2D eigenvalue weighted by Crippen LogP contribution is 2.28. The van der Waals surface area contributed by atoms with Gasteiger partial charge in [0.15, 0.2) is 5.78 Å². The zero-order valence-corrected chi connectivity index (χ0v) is 7.26. The van der Waals surface area contributed by atoms with E-state index in [1.54, 1.807) is 0 Å². The van der Waals surface area contributed by atoms with E-state index in [2.05, 4.69) is 13.8 Å². The van der Waals surface area contributed by atoms with Crippen LogP contribution in [0.5, 0.6) is 0 Å². The van der Waals surface area contributed by atoms with Crippen molar-refractivity contribution < 1.29 is 9.53 Å². The van der Waals surface area contributed by atoms with E-state index < -0.39 is 0 Å². The van der Waals surface area contributed by atoms with Crippen molar-refractivity contribution in [3.63, 3.8) is 0 Å². The third-order valence-electron chi connectivity index (χ3n) is 2.34. The second-order valence-corrected chi connectivity index (χ2v) is 3.53. The Hall–Kier alpha value is -0.790. The van der Waals surface area contributed by atoms with Crippen LogP contribution in [0.4, 0.5) is 0 Å². The topological polar surface area (TPSA) is 26.3 Å². The summed E-state index contributed by atoms with van der Waals surface area (Å²) in [6, 6.07) is 0. The predicted molar refractivity (Wildman–Crippen MR) is 43.1 cm³/mol. The smallest absolute Gasteiger partial charge is 0.162 e. The largest absolute Gasteiger partial charge is 0.494 e. The normalized spacial score (nSPS) is 30.7. The molecule has 11 heavy (non-hydrogen) atoms. The van der Waals surface area contributed by atoms with Gasteiger partial charge in [-0.2, -0.15) is 0 Å². The molecule has 0 saturated carbocycles. The van der Waals surface area contributed by atoms with Gasteiger partial charge in [0, 0.05) is 6.08 Å². The number of rotatable bonds is 1. The number of ketones is 1. The summed E-state index contributed by atoms with van der Waals surface area (Å²) < 4.78 is 5.40. The van der Waals surface area contributed by atoms with Gasteiger partial charge >= 0.3 is 0 Å². The number of hydrogen-bond donors (Lipinski definition) is 0. The van der Waals surface area contributed by atoms with Crippen molar-refractivity contribution >= 4 is 5.78 Å². The van der Waals surface area contributed by atoms with E-state index in [4.69, 9.17) is 4.74 Å². The molecular formula is C9H14O2. The minimum atomic E-state index is -0.286. The van der Waals surface area contributed by atoms with Crippen molar-refractivity contribution in [3.05, 3.63) is 12.3 Å². The Balaban J connectivity index is 2.75. The van der Waals surface area contributed by atoms with Gasteiger partial charge in [-0.3, -0.25) is 4.79 Å². The number of allylic oxidation sites excluding steroid dienone is 1. The molecule has 1 atom stereocenters. The van der Waals surface area contributed by atoms with Gasteiger partial charge in [0.1, 0.15) is 5.60 Å². The maximum absolute atomic E-state index is 11.0. The van der Waals surface area contributed by atoms with Crippen LogP contribution in [0.25, 0.3) is 0 Å². The molecule has 0 bridgehead atoms. The first kappa shape index (κ1) is 8.31. The van der Waals surface area contributed by atoms with Crippen molar-refractivity contribution in [1.29, 1.82) is 0 Å². The lowest BCUT2D eigenvalue weighted by molar-refractivity contribution is -0.123. The predicted octanol–water partition coefficient (Wildman–Crippen LogP) is 1.90. The highest BCUT2D eigenvalue weighted by Gasteiger charge is 2.33. The van der Waals surface area contributed by atoms with Gasteiger partial charge in [-0.15, -0.1) is 0 Å². The Morgan fingerprint density at radius 3 is 2.64 bits per heavy atom. The molecule has 0 spiro atoms. The van der Waals surface area contributed by atoms with Crippen LogP contribution in [0, 0.1) is 5.92 Å². The molecule has 0 amide bonds. The molecule has 0 radical (unpaired) electrons. The van der Waals surface area contributed by atoms with Gasteiger partial charge in [-0.1, -0.05) is 13.8 Å². The fourth-order valence-corrected chi connectivity index (χ4v) is 1.05. The van der Waals surface area contributed by atoms with Crippen molar-refractivity contribution in [2.45, 2.75) is 32.8 Å². The van der Waals surface area contributed by atoms with Crippen LogP contribution in [0.1, 0.15) is 27.2 Å². The molecule has 0 aromatic carbocycles. The van der Waals surface area contributed by atoms with Gasteiger partial charge in [0.05, 0.1) is 12.7 Å². The third kappa shape index (κ3) is 1.62. The fraction of sp³-hybridized carbons (Fsp3) is 0.667. The molecule has 0 saturated heterocycles. The minimum absolute atomic E-state index is 0.160. The molecule has 0 N–H and O–H groups in total. The van der Waals surface area contributed by atoms with E-state index in [-0.39, 0.29) is 11.4 Å². The molecule has 0 aromatic heterocycles. The van der Waals surface area contributed by atoms with Crippen LogP contribution in [0.2, 0.25) is 0 Å². The summed E-state index contributed by atoms with van der Waals surface area (Å²) in [4.78, 5) is 11.0. The van der Waals surface area contributed by atoms with E-state index in [1.165, 1.54) is 12.3 Å². The van der Waals surface area contributed by atoms with E-state index in [0.29, 0.717) is 12.3 Å². The van der Waals surface area contributed by atoms with Gasteiger partial charge in [-0.25, -0.2) is 0 Å². The van der Waals surface area contributed by atoms with Crippen LogP contribution in [-0.2, 0) is 9.53 Å². The van der Waals surface area contributed by atoms with Crippen LogP contribution in [0.15, 0.2) is 12.3 Å². The standard InChI is InChI=1S/C9H14O2/c1-7(2)9(3)6-8(10)4-5-11-9/h4-5,7H,6H2,1-3H3. The summed E-state index contributed by atoms with van der Waals surface area (Å²) in [5, 5.41) is 0. The molecule has 1 rings (SSSR count). The summed E-state index contributed by atoms with van der Waals surface area (Å²) in [5.41, 5.74) is -0.286. The molecule has 2 heteroatoms. The van der Waals surface area contributed by atoms with E-state index in [1.807, 2.05) is 6.92 Å². The van der Waals surface area contributed by atoms with E-state index >= 15 is 0 Å². The molecule has 1 aliphatic heterocycles. The minimum Gasteiger partial charge on any atom is -0.494 e. The van der Waals surface area contributed by atoms with Crippen molar-refractivity contribution in [2.24, 2.45) is 5.92 Å². The van der Waals surface area contributed by atoms with Gasteiger partial charge in [0.25, 0.3) is 0 Å². The summed E-state index contributed by atoms with van der Waals surface area (Å²) in [6.45, 7) is 6.10. The van der Waals surface area contributed by atoms with Crippen molar-refractivity contribution in [2.75, 3.05) is 0 Å². The number of carbonyl (C=O) groups is 1. The lowest BCUT2D eigenvalue weighted by Crippen LogP contribution is -2.37. The average Bonchev–Trinajstić information content (AvgIpc) is 1.86. The van der Waals surface area contributed by atoms with Gasteiger partial charge < -0.3 is 4.74 Å². The lowest BCUT2D eigenvalue weighted by Gasteiger charge is -2.34. The molecule has 1 aliphatic rings. The Morgan fingerprint density at radius 1 is 1.64 bits per heavy atom. The van der Waals surface area contributed by atoms with Crippen LogP contribution < -0.4 is 0 Å². The monoisotopic (exact) mass is 154 g/mol. The SMILES string of the molecule is CC(C)C1(C)CC(=O)C=CO1. The molecule has 2 nitrogen and oxygen atoms in total. The quantitative estimate of drug-likeness (QED) is 0.576. The molecule has 0 aromatic rings. The van der Waals surface area contributed by atoms with Crippen molar-refractivity contribution in [1.82, 2.24) is 0 Å². The lowest BCUT2D eigenvalue weighted by atomic mass is 9.86. The third-order valence-corrected chi connectivity index (χ3v) is 2.34. The highest BCUT2D eigenvalue weighted by atomic mass is 16.5. The molecular weight excluding hydrogens is 140 g/mol. The Morgan fingerprint density at radius 2 is 2.27 bits per heavy atom. The van der Waals surface area contributed by atoms with E-state index in [0.717, 1.165) is 0 Å². The molecule has 62 valence electrons. The average molecular weight is 154 g/mol. The van der Waals surface area contributed by atoms with E-state index in [9.17, 15) is 4.79 Å². The summed E-state index contributed by atoms with van der Waals surface area (Å²) >= 11 is 0. The zero-order chi connectivity index (χ0) is 8.48. The Kier molecular flexibility index (Phi) is 2.03. The number of ether oxygens (including phenoxy) is 1. The molecule has 0 fully saturated rings. The first-order valence-corrected chi connectivity index (χ1v) is 3.92. The maximum Gasteiger partial charge on any atom is 0.162 e. The summed E-state index contributed by atoms with van der Waals surface area (Å²) in [6.07, 6.45) is 3.50. The second-order valence-electron chi connectivity index (χ2n) is 3.53. The molecule has 1 unspecified atom stereocenters. The highest BCUT2D eigenvalue weighted by molar-refractivity contribution is 5.90. The Bertz CT molecular complexity index is 194. The maximum atomic E-state index is 11.0. The summed E-state index contributed by atoms with van der Waals surface area (Å²) in [7, 11) is 0. The van der Waals surface area contributed by atoms with Crippen molar-refractivity contribution in [3.8, 4) is 0 Å². The first-order chi connectivity index (χ1) is 5.04. The molecule has 1 heterocycles. The zero-order valence-electron chi connectivity index (χ0n) is 7.26. The van der Waals surface area contributed by atoms with Gasteiger partial charge in [0.2, 0.25) is 0 Å². The Labute approximate surface area is 67.2 Å². The van der Waals surface area contributed by atoms with Crippen LogP contribution >= 0.6 is 0 Å².